The van der Waals surface area contributed by atoms with Crippen LogP contribution in [0.4, 0.5) is 0 Å². The van der Waals surface area contributed by atoms with Crippen molar-refractivity contribution < 1.29 is 19.4 Å². The Labute approximate surface area is 129 Å². The Bertz CT molecular complexity index is 525. The Hall–Kier alpha value is -1.59. The number of benzene rings is 1. The van der Waals surface area contributed by atoms with Gasteiger partial charge in [0.1, 0.15) is 5.60 Å². The quantitative estimate of drug-likeness (QED) is 0.815. The molecule has 0 amide bonds. The molecular weight excluding hydrogens is 294 g/mol. The summed E-state index contributed by atoms with van der Waals surface area (Å²) in [5.41, 5.74) is 5.68. The van der Waals surface area contributed by atoms with E-state index in [1.54, 1.807) is 45.0 Å². The molecule has 116 valence electrons. The molecule has 0 aliphatic carbocycles. The van der Waals surface area contributed by atoms with Gasteiger partial charge in [-0.3, -0.25) is 9.59 Å². The predicted molar refractivity (Wildman–Crippen MR) is 80.3 cm³/mol. The first-order valence-electron chi connectivity index (χ1n) is 6.56. The van der Waals surface area contributed by atoms with Gasteiger partial charge in [0, 0.05) is 11.1 Å². The molecule has 0 unspecified atom stereocenters. The molecule has 5 nitrogen and oxygen atoms in total. The molecule has 0 saturated carbocycles. The Balaban J connectivity index is 3.14. The number of ether oxygens (including phenoxy) is 1. The van der Waals surface area contributed by atoms with E-state index in [1.165, 1.54) is 0 Å². The molecule has 1 aromatic rings. The lowest BCUT2D eigenvalue weighted by atomic mass is 9.89. The first-order valence-corrected chi connectivity index (χ1v) is 6.94. The molecule has 0 radical (unpaired) electrons. The van der Waals surface area contributed by atoms with Crippen LogP contribution in [-0.2, 0) is 14.3 Å². The molecule has 6 heteroatoms. The smallest absolute Gasteiger partial charge is 0.315 e. The highest BCUT2D eigenvalue weighted by Gasteiger charge is 2.34. The number of carbonyl (C=O) groups is 2. The number of hydrogen-bond acceptors (Lipinski definition) is 4. The summed E-state index contributed by atoms with van der Waals surface area (Å²) in [5, 5.41) is 9.25. The highest BCUT2D eigenvalue weighted by molar-refractivity contribution is 6.31. The van der Waals surface area contributed by atoms with Gasteiger partial charge in [0.05, 0.1) is 12.3 Å². The van der Waals surface area contributed by atoms with E-state index in [9.17, 15) is 9.59 Å². The number of carboxylic acids is 1. The van der Waals surface area contributed by atoms with Crippen LogP contribution >= 0.6 is 11.6 Å². The molecule has 0 saturated heterocycles. The second kappa shape index (κ2) is 6.91. The van der Waals surface area contributed by atoms with Gasteiger partial charge >= 0.3 is 11.9 Å². The van der Waals surface area contributed by atoms with Crippen LogP contribution < -0.4 is 5.73 Å². The Morgan fingerprint density at radius 3 is 2.38 bits per heavy atom. The maximum Gasteiger partial charge on any atom is 0.315 e. The molecule has 0 heterocycles. The lowest BCUT2D eigenvalue weighted by Crippen LogP contribution is -2.39. The first kappa shape index (κ1) is 17.5. The van der Waals surface area contributed by atoms with Gasteiger partial charge < -0.3 is 15.6 Å². The van der Waals surface area contributed by atoms with E-state index in [1.807, 2.05) is 0 Å². The van der Waals surface area contributed by atoms with E-state index in [4.69, 9.17) is 27.2 Å². The number of esters is 1. The number of hydrogen-bond donors (Lipinski definition) is 2. The van der Waals surface area contributed by atoms with E-state index in [0.717, 1.165) is 0 Å². The van der Waals surface area contributed by atoms with Crippen molar-refractivity contribution in [3.8, 4) is 0 Å². The normalized spacial score (nSPS) is 14.3. The number of rotatable bonds is 5. The van der Waals surface area contributed by atoms with Crippen molar-refractivity contribution in [3.05, 3.63) is 34.9 Å². The summed E-state index contributed by atoms with van der Waals surface area (Å²) < 4.78 is 5.34. The van der Waals surface area contributed by atoms with Crippen LogP contribution in [0.3, 0.4) is 0 Å². The van der Waals surface area contributed by atoms with Crippen molar-refractivity contribution in [2.75, 3.05) is 0 Å². The fourth-order valence-corrected chi connectivity index (χ4v) is 2.20. The van der Waals surface area contributed by atoms with E-state index in [2.05, 4.69) is 0 Å². The SMILES string of the molecule is CC(C)(C)OC(=O)[C@@H](c1ccccc1Cl)[C@@H](N)CC(=O)O. The third kappa shape index (κ3) is 5.36. The fraction of sp³-hybridized carbons (Fsp3) is 0.467. The van der Waals surface area contributed by atoms with Crippen LogP contribution in [0.5, 0.6) is 0 Å². The summed E-state index contributed by atoms with van der Waals surface area (Å²) in [4.78, 5) is 23.3. The molecular formula is C15H20ClNO4. The van der Waals surface area contributed by atoms with Crippen LogP contribution in [0.25, 0.3) is 0 Å². The van der Waals surface area contributed by atoms with Crippen LogP contribution in [0, 0.1) is 0 Å². The molecule has 1 rings (SSSR count). The zero-order valence-electron chi connectivity index (χ0n) is 12.3. The highest BCUT2D eigenvalue weighted by atomic mass is 35.5. The molecule has 1 aromatic carbocycles. The lowest BCUT2D eigenvalue weighted by molar-refractivity contribution is -0.157. The highest BCUT2D eigenvalue weighted by Crippen LogP contribution is 2.30. The van der Waals surface area contributed by atoms with Crippen molar-refractivity contribution >= 4 is 23.5 Å². The van der Waals surface area contributed by atoms with E-state index in [0.29, 0.717) is 10.6 Å². The summed E-state index contributed by atoms with van der Waals surface area (Å²) in [7, 11) is 0. The lowest BCUT2D eigenvalue weighted by Gasteiger charge is -2.27. The maximum absolute atomic E-state index is 12.4. The third-order valence-corrected chi connectivity index (χ3v) is 3.08. The summed E-state index contributed by atoms with van der Waals surface area (Å²) in [6.07, 6.45) is -0.352. The summed E-state index contributed by atoms with van der Waals surface area (Å²) in [5.74, 6) is -2.58. The zero-order valence-corrected chi connectivity index (χ0v) is 13.1. The van der Waals surface area contributed by atoms with Gasteiger partial charge in [-0.05, 0) is 32.4 Å². The number of carboxylic acid groups (broad SMARTS) is 1. The standard InChI is InChI=1S/C15H20ClNO4/c1-15(2,3)21-14(20)13(11(17)8-12(18)19)9-6-4-5-7-10(9)16/h4-7,11,13H,8,17H2,1-3H3,(H,18,19)/t11-,13-/m0/s1. The van der Waals surface area contributed by atoms with Gasteiger partial charge in [0.2, 0.25) is 0 Å². The van der Waals surface area contributed by atoms with E-state index >= 15 is 0 Å². The number of carbonyl (C=O) groups excluding carboxylic acids is 1. The molecule has 3 N–H and O–H groups in total. The number of nitrogens with two attached hydrogens (primary N) is 1. The minimum Gasteiger partial charge on any atom is -0.481 e. The van der Waals surface area contributed by atoms with Gasteiger partial charge in [-0.1, -0.05) is 29.8 Å². The fourth-order valence-electron chi connectivity index (χ4n) is 1.94. The second-order valence-corrected chi connectivity index (χ2v) is 6.20. The number of halogens is 1. The van der Waals surface area contributed by atoms with E-state index in [-0.39, 0.29) is 6.42 Å². The van der Waals surface area contributed by atoms with Crippen molar-refractivity contribution in [2.24, 2.45) is 5.73 Å². The molecule has 0 fully saturated rings. The van der Waals surface area contributed by atoms with Crippen molar-refractivity contribution in [2.45, 2.75) is 44.8 Å². The van der Waals surface area contributed by atoms with Gasteiger partial charge in [0.15, 0.2) is 0 Å². The Morgan fingerprint density at radius 2 is 1.90 bits per heavy atom. The van der Waals surface area contributed by atoms with Crippen LogP contribution in [0.15, 0.2) is 24.3 Å². The Kier molecular flexibility index (Phi) is 5.75. The minimum absolute atomic E-state index is 0.352. The van der Waals surface area contributed by atoms with Gasteiger partial charge in [-0.25, -0.2) is 0 Å². The average Bonchev–Trinajstić information content (AvgIpc) is 2.28. The zero-order chi connectivity index (χ0) is 16.2. The molecule has 0 aliphatic rings. The van der Waals surface area contributed by atoms with Gasteiger partial charge in [0.25, 0.3) is 0 Å². The molecule has 0 bridgehead atoms. The predicted octanol–water partition coefficient (Wildman–Crippen LogP) is 2.57. The molecule has 0 aliphatic heterocycles. The van der Waals surface area contributed by atoms with Crippen molar-refractivity contribution in [3.63, 3.8) is 0 Å². The van der Waals surface area contributed by atoms with Crippen LogP contribution in [0.2, 0.25) is 5.02 Å². The van der Waals surface area contributed by atoms with E-state index < -0.39 is 29.5 Å². The maximum atomic E-state index is 12.4. The third-order valence-electron chi connectivity index (χ3n) is 2.74. The minimum atomic E-state index is -1.08. The Morgan fingerprint density at radius 1 is 1.33 bits per heavy atom. The summed E-state index contributed by atoms with van der Waals surface area (Å²) >= 11 is 6.10. The first-order chi connectivity index (χ1) is 9.61. The largest absolute Gasteiger partial charge is 0.481 e. The van der Waals surface area contributed by atoms with Gasteiger partial charge in [-0.15, -0.1) is 0 Å². The van der Waals surface area contributed by atoms with Crippen molar-refractivity contribution in [1.29, 1.82) is 0 Å². The number of aliphatic carboxylic acids is 1. The monoisotopic (exact) mass is 313 g/mol. The molecule has 2 atom stereocenters. The second-order valence-electron chi connectivity index (χ2n) is 5.79. The average molecular weight is 314 g/mol. The van der Waals surface area contributed by atoms with Gasteiger partial charge in [-0.2, -0.15) is 0 Å². The summed E-state index contributed by atoms with van der Waals surface area (Å²) in [6, 6.07) is 5.80. The molecule has 0 aromatic heterocycles. The van der Waals surface area contributed by atoms with Crippen LogP contribution in [0.1, 0.15) is 38.7 Å². The molecule has 21 heavy (non-hydrogen) atoms. The van der Waals surface area contributed by atoms with Crippen LogP contribution in [-0.4, -0.2) is 28.7 Å². The van der Waals surface area contributed by atoms with Crippen molar-refractivity contribution in [1.82, 2.24) is 0 Å². The topological polar surface area (TPSA) is 89.6 Å². The molecule has 0 spiro atoms. The summed E-state index contributed by atoms with van der Waals surface area (Å²) in [6.45, 7) is 5.20.